The Hall–Kier alpha value is -1.59. The Kier molecular flexibility index (Phi) is 4.60. The number of fused-ring (bicyclic) bond motifs is 1. The Balaban J connectivity index is 1.71. The first kappa shape index (κ1) is 16.3. The van der Waals surface area contributed by atoms with Crippen LogP contribution in [0.4, 0.5) is 0 Å². The molecule has 2 saturated heterocycles. The van der Waals surface area contributed by atoms with Crippen LogP contribution in [-0.2, 0) is 14.4 Å². The summed E-state index contributed by atoms with van der Waals surface area (Å²) in [5.74, 6) is -0.587. The van der Waals surface area contributed by atoms with Gasteiger partial charge in [0, 0.05) is 32.0 Å². The van der Waals surface area contributed by atoms with Crippen molar-refractivity contribution in [3.63, 3.8) is 0 Å². The molecule has 3 fully saturated rings. The first-order valence-corrected chi connectivity index (χ1v) is 8.79. The number of hydrogen-bond acceptors (Lipinski definition) is 3. The summed E-state index contributed by atoms with van der Waals surface area (Å²) < 4.78 is 0. The highest BCUT2D eigenvalue weighted by Gasteiger charge is 2.48. The van der Waals surface area contributed by atoms with Gasteiger partial charge in [0.05, 0.1) is 0 Å². The summed E-state index contributed by atoms with van der Waals surface area (Å²) in [6, 6.07) is -0.537. The Morgan fingerprint density at radius 1 is 1.00 bits per heavy atom. The van der Waals surface area contributed by atoms with Crippen LogP contribution in [0.5, 0.6) is 0 Å². The molecule has 2 amide bonds. The summed E-state index contributed by atoms with van der Waals surface area (Å²) in [6.45, 7) is 2.76. The molecule has 3 rings (SSSR count). The van der Waals surface area contributed by atoms with Gasteiger partial charge in [-0.25, -0.2) is 4.79 Å². The van der Waals surface area contributed by atoms with E-state index in [1.165, 1.54) is 0 Å². The number of likely N-dealkylation sites (tertiary alicyclic amines) is 2. The van der Waals surface area contributed by atoms with Crippen molar-refractivity contribution >= 4 is 17.8 Å². The minimum Gasteiger partial charge on any atom is -0.480 e. The van der Waals surface area contributed by atoms with Crippen LogP contribution in [0.15, 0.2) is 0 Å². The molecule has 128 valence electrons. The van der Waals surface area contributed by atoms with Gasteiger partial charge in [-0.15, -0.1) is 0 Å². The average Bonchev–Trinajstić information content (AvgIpc) is 2.94. The van der Waals surface area contributed by atoms with Crippen molar-refractivity contribution in [1.82, 2.24) is 9.80 Å². The summed E-state index contributed by atoms with van der Waals surface area (Å²) in [4.78, 5) is 39.5. The van der Waals surface area contributed by atoms with Gasteiger partial charge in [-0.05, 0) is 38.0 Å². The number of hydrogen-bond donors (Lipinski definition) is 1. The van der Waals surface area contributed by atoms with Crippen molar-refractivity contribution < 1.29 is 19.5 Å². The van der Waals surface area contributed by atoms with Crippen LogP contribution < -0.4 is 0 Å². The molecule has 0 spiro atoms. The lowest BCUT2D eigenvalue weighted by Gasteiger charge is -2.37. The molecule has 1 saturated carbocycles. The number of rotatable bonds is 2. The van der Waals surface area contributed by atoms with E-state index in [9.17, 15) is 19.5 Å². The third-order valence-corrected chi connectivity index (χ3v) is 5.92. The van der Waals surface area contributed by atoms with Crippen LogP contribution in [0, 0.1) is 11.8 Å². The summed E-state index contributed by atoms with van der Waals surface area (Å²) in [6.07, 6.45) is 6.12. The van der Waals surface area contributed by atoms with E-state index < -0.39 is 12.0 Å². The van der Waals surface area contributed by atoms with E-state index in [0.29, 0.717) is 38.3 Å². The summed E-state index contributed by atoms with van der Waals surface area (Å²) >= 11 is 0. The molecule has 0 radical (unpaired) electrons. The zero-order valence-corrected chi connectivity index (χ0v) is 13.7. The Morgan fingerprint density at radius 3 is 2.26 bits per heavy atom. The van der Waals surface area contributed by atoms with E-state index in [1.807, 2.05) is 0 Å². The van der Waals surface area contributed by atoms with Crippen molar-refractivity contribution in [3.05, 3.63) is 0 Å². The van der Waals surface area contributed by atoms with Crippen molar-refractivity contribution in [1.29, 1.82) is 0 Å². The van der Waals surface area contributed by atoms with Crippen LogP contribution in [-0.4, -0.2) is 57.9 Å². The second-order valence-electron chi connectivity index (χ2n) is 7.23. The minimum atomic E-state index is -0.867. The topological polar surface area (TPSA) is 77.9 Å². The van der Waals surface area contributed by atoms with E-state index in [-0.39, 0.29) is 23.8 Å². The Morgan fingerprint density at radius 2 is 1.65 bits per heavy atom. The van der Waals surface area contributed by atoms with Crippen LogP contribution in [0.2, 0.25) is 0 Å². The molecule has 6 heteroatoms. The smallest absolute Gasteiger partial charge is 0.326 e. The molecule has 3 aliphatic rings. The first-order chi connectivity index (χ1) is 11.0. The van der Waals surface area contributed by atoms with Crippen molar-refractivity contribution in [2.75, 3.05) is 13.1 Å². The third kappa shape index (κ3) is 3.08. The predicted octanol–water partition coefficient (Wildman–Crippen LogP) is 1.49. The van der Waals surface area contributed by atoms with Gasteiger partial charge in [-0.1, -0.05) is 12.8 Å². The fourth-order valence-corrected chi connectivity index (χ4v) is 4.65. The van der Waals surface area contributed by atoms with Crippen LogP contribution in [0.25, 0.3) is 0 Å². The first-order valence-electron chi connectivity index (χ1n) is 8.79. The second-order valence-corrected chi connectivity index (χ2v) is 7.23. The van der Waals surface area contributed by atoms with E-state index in [0.717, 1.165) is 25.7 Å². The van der Waals surface area contributed by atoms with E-state index in [1.54, 1.807) is 16.7 Å². The molecule has 1 N–H and O–H groups in total. The molecule has 23 heavy (non-hydrogen) atoms. The number of carbonyl (C=O) groups excluding carboxylic acids is 2. The lowest BCUT2D eigenvalue weighted by molar-refractivity contribution is -0.153. The third-order valence-electron chi connectivity index (χ3n) is 5.92. The molecule has 2 heterocycles. The molecule has 0 aromatic heterocycles. The van der Waals surface area contributed by atoms with Gasteiger partial charge in [-0.2, -0.15) is 0 Å². The number of nitrogens with zero attached hydrogens (tertiary/aromatic N) is 2. The van der Waals surface area contributed by atoms with Gasteiger partial charge in [0.25, 0.3) is 0 Å². The molecular weight excluding hydrogens is 296 g/mol. The summed E-state index contributed by atoms with van der Waals surface area (Å²) in [5, 5.41) is 9.55. The Bertz CT molecular complexity index is 499. The molecule has 1 aliphatic carbocycles. The monoisotopic (exact) mass is 322 g/mol. The van der Waals surface area contributed by atoms with Gasteiger partial charge >= 0.3 is 5.97 Å². The number of carboxylic acid groups (broad SMARTS) is 1. The second kappa shape index (κ2) is 6.49. The quantitative estimate of drug-likeness (QED) is 0.835. The number of carboxylic acids is 1. The number of carbonyl (C=O) groups is 3. The molecule has 0 unspecified atom stereocenters. The van der Waals surface area contributed by atoms with Crippen LogP contribution in [0.3, 0.4) is 0 Å². The number of piperidine rings is 1. The molecule has 0 bridgehead atoms. The minimum absolute atomic E-state index is 0.00926. The molecule has 2 aliphatic heterocycles. The largest absolute Gasteiger partial charge is 0.480 e. The van der Waals surface area contributed by atoms with Crippen molar-refractivity contribution in [2.24, 2.45) is 11.8 Å². The fraction of sp³-hybridized carbons (Fsp3) is 0.824. The van der Waals surface area contributed by atoms with Gasteiger partial charge in [0.2, 0.25) is 11.8 Å². The molecule has 3 atom stereocenters. The van der Waals surface area contributed by atoms with Crippen LogP contribution >= 0.6 is 0 Å². The Labute approximate surface area is 136 Å². The van der Waals surface area contributed by atoms with E-state index in [4.69, 9.17) is 0 Å². The van der Waals surface area contributed by atoms with Crippen molar-refractivity contribution in [2.45, 2.75) is 64.0 Å². The SMILES string of the molecule is CC(=O)N1CCC(C(=O)N2[C@@H]3CCCC[C@@H]3C[C@H]2C(=O)O)CC1. The molecule has 0 aromatic carbocycles. The highest BCUT2D eigenvalue weighted by atomic mass is 16.4. The lowest BCUT2D eigenvalue weighted by Crippen LogP contribution is -2.50. The predicted molar refractivity (Wildman–Crippen MR) is 83.6 cm³/mol. The van der Waals surface area contributed by atoms with E-state index >= 15 is 0 Å². The zero-order valence-electron chi connectivity index (χ0n) is 13.7. The number of amides is 2. The molecule has 0 aromatic rings. The average molecular weight is 322 g/mol. The highest BCUT2D eigenvalue weighted by Crippen LogP contribution is 2.41. The maximum absolute atomic E-state index is 13.0. The maximum atomic E-state index is 13.0. The van der Waals surface area contributed by atoms with Crippen molar-refractivity contribution in [3.8, 4) is 0 Å². The normalized spacial score (nSPS) is 31.8. The van der Waals surface area contributed by atoms with Gasteiger partial charge < -0.3 is 14.9 Å². The lowest BCUT2D eigenvalue weighted by atomic mass is 9.84. The summed E-state index contributed by atoms with van der Waals surface area (Å²) in [7, 11) is 0. The number of aliphatic carboxylic acids is 1. The maximum Gasteiger partial charge on any atom is 0.326 e. The molecular formula is C17H26N2O4. The fourth-order valence-electron chi connectivity index (χ4n) is 4.65. The van der Waals surface area contributed by atoms with E-state index in [2.05, 4.69) is 0 Å². The standard InChI is InChI=1S/C17H26N2O4/c1-11(20)18-8-6-12(7-9-18)16(21)19-14-5-3-2-4-13(14)10-15(19)17(22)23/h12-15H,2-10H2,1H3,(H,22,23)/t13-,14-,15+/m1/s1. The van der Waals surface area contributed by atoms with Gasteiger partial charge in [-0.3, -0.25) is 9.59 Å². The molecule has 6 nitrogen and oxygen atoms in total. The zero-order chi connectivity index (χ0) is 16.6. The van der Waals surface area contributed by atoms with Gasteiger partial charge in [0.1, 0.15) is 6.04 Å². The van der Waals surface area contributed by atoms with Crippen LogP contribution in [0.1, 0.15) is 51.9 Å². The van der Waals surface area contributed by atoms with Gasteiger partial charge in [0.15, 0.2) is 0 Å². The highest BCUT2D eigenvalue weighted by molar-refractivity contribution is 5.86. The summed E-state index contributed by atoms with van der Waals surface area (Å²) in [5.41, 5.74) is 0.